The van der Waals surface area contributed by atoms with Crippen molar-refractivity contribution >= 4 is 11.9 Å². The molecule has 6 heteroatoms. The molecule has 138 valence electrons. The van der Waals surface area contributed by atoms with E-state index in [1.807, 2.05) is 29.3 Å². The van der Waals surface area contributed by atoms with Crippen LogP contribution in [0, 0.1) is 0 Å². The van der Waals surface area contributed by atoms with Gasteiger partial charge in [-0.15, -0.1) is 0 Å². The lowest BCUT2D eigenvalue weighted by molar-refractivity contribution is -0.129. The van der Waals surface area contributed by atoms with Gasteiger partial charge in [-0.2, -0.15) is 0 Å². The quantitative estimate of drug-likeness (QED) is 0.530. The molecule has 1 aliphatic heterocycles. The van der Waals surface area contributed by atoms with Crippen LogP contribution in [0.15, 0.2) is 29.4 Å². The van der Waals surface area contributed by atoms with Crippen molar-refractivity contribution in [3.8, 4) is 0 Å². The van der Waals surface area contributed by atoms with Crippen molar-refractivity contribution in [3.05, 3.63) is 30.1 Å². The van der Waals surface area contributed by atoms with Crippen molar-refractivity contribution in [2.45, 2.75) is 52.0 Å². The van der Waals surface area contributed by atoms with E-state index in [1.54, 1.807) is 0 Å². The molecule has 1 saturated heterocycles. The third-order valence-corrected chi connectivity index (χ3v) is 4.50. The predicted octanol–water partition coefficient (Wildman–Crippen LogP) is 1.97. The Balaban J connectivity index is 1.78. The fraction of sp³-hybridized carbons (Fsp3) is 0.632. The lowest BCUT2D eigenvalue weighted by Crippen LogP contribution is -2.39. The van der Waals surface area contributed by atoms with Gasteiger partial charge >= 0.3 is 0 Å². The summed E-state index contributed by atoms with van der Waals surface area (Å²) in [4.78, 5) is 22.9. The second-order valence-electron chi connectivity index (χ2n) is 6.30. The number of nitrogens with zero attached hydrogens (tertiary/aromatic N) is 3. The van der Waals surface area contributed by atoms with Crippen LogP contribution in [0.5, 0.6) is 0 Å². The topological polar surface area (TPSA) is 69.6 Å². The highest BCUT2D eigenvalue weighted by Crippen LogP contribution is 2.17. The number of amides is 1. The van der Waals surface area contributed by atoms with E-state index in [4.69, 9.17) is 0 Å². The first-order valence-corrected chi connectivity index (χ1v) is 9.46. The SMILES string of the molecule is CCNC(=NCCC(CC)N1CCCC1=O)NCCc1ccccn1. The molecule has 2 rings (SSSR count). The maximum absolute atomic E-state index is 11.9. The standard InChI is InChI=1S/C19H31N5O/c1-3-17(24-15-7-9-18(24)25)11-14-23-19(20-4-2)22-13-10-16-8-5-6-12-21-16/h5-6,8,12,17H,3-4,7,9-11,13-15H2,1-2H3,(H2,20,22,23). The average Bonchev–Trinajstić information content (AvgIpc) is 3.05. The molecular formula is C19H31N5O. The Kier molecular flexibility index (Phi) is 8.22. The Morgan fingerprint density at radius 1 is 1.36 bits per heavy atom. The molecular weight excluding hydrogens is 314 g/mol. The lowest BCUT2D eigenvalue weighted by Gasteiger charge is -2.26. The molecule has 1 amide bonds. The van der Waals surface area contributed by atoms with Gasteiger partial charge in [0, 0.05) is 57.0 Å². The number of aromatic nitrogens is 1. The first-order valence-electron chi connectivity index (χ1n) is 9.46. The summed E-state index contributed by atoms with van der Waals surface area (Å²) >= 11 is 0. The molecule has 1 aromatic heterocycles. The van der Waals surface area contributed by atoms with Crippen molar-refractivity contribution in [3.63, 3.8) is 0 Å². The molecule has 6 nitrogen and oxygen atoms in total. The fourth-order valence-corrected chi connectivity index (χ4v) is 3.16. The van der Waals surface area contributed by atoms with Crippen LogP contribution in [0.2, 0.25) is 0 Å². The molecule has 1 atom stereocenters. The average molecular weight is 345 g/mol. The van der Waals surface area contributed by atoms with Crippen LogP contribution < -0.4 is 10.6 Å². The Hall–Kier alpha value is -2.11. The van der Waals surface area contributed by atoms with Gasteiger partial charge in [0.05, 0.1) is 0 Å². The maximum Gasteiger partial charge on any atom is 0.222 e. The molecule has 0 saturated carbocycles. The molecule has 25 heavy (non-hydrogen) atoms. The number of hydrogen-bond donors (Lipinski definition) is 2. The lowest BCUT2D eigenvalue weighted by atomic mass is 10.1. The van der Waals surface area contributed by atoms with E-state index in [0.717, 1.165) is 63.5 Å². The molecule has 2 N–H and O–H groups in total. The van der Waals surface area contributed by atoms with Crippen molar-refractivity contribution in [1.29, 1.82) is 0 Å². The number of hydrogen-bond acceptors (Lipinski definition) is 3. The van der Waals surface area contributed by atoms with Crippen LogP contribution in [0.3, 0.4) is 0 Å². The van der Waals surface area contributed by atoms with Crippen molar-refractivity contribution in [2.75, 3.05) is 26.2 Å². The molecule has 0 aliphatic carbocycles. The third-order valence-electron chi connectivity index (χ3n) is 4.50. The summed E-state index contributed by atoms with van der Waals surface area (Å²) in [5.41, 5.74) is 1.07. The minimum Gasteiger partial charge on any atom is -0.357 e. The third kappa shape index (κ3) is 6.36. The molecule has 1 aromatic rings. The smallest absolute Gasteiger partial charge is 0.222 e. The summed E-state index contributed by atoms with van der Waals surface area (Å²) < 4.78 is 0. The van der Waals surface area contributed by atoms with Crippen molar-refractivity contribution < 1.29 is 4.79 Å². The second-order valence-corrected chi connectivity index (χ2v) is 6.30. The van der Waals surface area contributed by atoms with E-state index in [9.17, 15) is 4.79 Å². The van der Waals surface area contributed by atoms with Gasteiger partial charge in [0.15, 0.2) is 5.96 Å². The fourth-order valence-electron chi connectivity index (χ4n) is 3.16. The zero-order valence-electron chi connectivity index (χ0n) is 15.5. The summed E-state index contributed by atoms with van der Waals surface area (Å²) in [6, 6.07) is 6.28. The number of pyridine rings is 1. The van der Waals surface area contributed by atoms with Gasteiger partial charge in [-0.25, -0.2) is 0 Å². The largest absolute Gasteiger partial charge is 0.357 e. The summed E-state index contributed by atoms with van der Waals surface area (Å²) in [5.74, 6) is 1.14. The number of rotatable bonds is 9. The summed E-state index contributed by atoms with van der Waals surface area (Å²) in [7, 11) is 0. The van der Waals surface area contributed by atoms with Gasteiger partial charge in [0.25, 0.3) is 0 Å². The highest BCUT2D eigenvalue weighted by Gasteiger charge is 2.26. The molecule has 1 fully saturated rings. The molecule has 0 radical (unpaired) electrons. The minimum absolute atomic E-state index is 0.302. The molecule has 1 aliphatic rings. The van der Waals surface area contributed by atoms with Gasteiger partial charge in [0.2, 0.25) is 5.91 Å². The van der Waals surface area contributed by atoms with E-state index in [-0.39, 0.29) is 0 Å². The number of carbonyl (C=O) groups excluding carboxylic acids is 1. The number of likely N-dealkylation sites (tertiary alicyclic amines) is 1. The van der Waals surface area contributed by atoms with Crippen LogP contribution in [0.4, 0.5) is 0 Å². The van der Waals surface area contributed by atoms with Crippen LogP contribution in [-0.2, 0) is 11.2 Å². The maximum atomic E-state index is 11.9. The molecule has 0 bridgehead atoms. The normalized spacial score (nSPS) is 16.2. The number of nitrogens with one attached hydrogen (secondary N) is 2. The predicted molar refractivity (Wildman–Crippen MR) is 102 cm³/mol. The van der Waals surface area contributed by atoms with Crippen molar-refractivity contribution in [2.24, 2.45) is 4.99 Å². The number of guanidine groups is 1. The van der Waals surface area contributed by atoms with Crippen LogP contribution in [0.25, 0.3) is 0 Å². The first kappa shape index (κ1) is 19.2. The number of aliphatic imine (C=N–C) groups is 1. The molecule has 1 unspecified atom stereocenters. The van der Waals surface area contributed by atoms with Crippen molar-refractivity contribution in [1.82, 2.24) is 20.5 Å². The zero-order chi connectivity index (χ0) is 17.9. The van der Waals surface area contributed by atoms with Crippen LogP contribution >= 0.6 is 0 Å². The second kappa shape index (κ2) is 10.7. The molecule has 2 heterocycles. The first-order chi connectivity index (χ1) is 12.2. The summed E-state index contributed by atoms with van der Waals surface area (Å²) in [6.07, 6.45) is 6.29. The highest BCUT2D eigenvalue weighted by molar-refractivity contribution is 5.80. The Bertz CT molecular complexity index is 546. The molecule has 0 aromatic carbocycles. The van der Waals surface area contributed by atoms with E-state index in [0.29, 0.717) is 18.4 Å². The number of carbonyl (C=O) groups is 1. The zero-order valence-corrected chi connectivity index (χ0v) is 15.5. The van der Waals surface area contributed by atoms with E-state index >= 15 is 0 Å². The van der Waals surface area contributed by atoms with Crippen LogP contribution in [-0.4, -0.2) is 54.0 Å². The summed E-state index contributed by atoms with van der Waals surface area (Å²) in [5, 5.41) is 6.63. The Morgan fingerprint density at radius 3 is 2.88 bits per heavy atom. The van der Waals surface area contributed by atoms with Gasteiger partial charge < -0.3 is 15.5 Å². The van der Waals surface area contributed by atoms with Crippen LogP contribution in [0.1, 0.15) is 45.2 Å². The van der Waals surface area contributed by atoms with E-state index in [2.05, 4.69) is 34.5 Å². The minimum atomic E-state index is 0.302. The Morgan fingerprint density at radius 2 is 2.24 bits per heavy atom. The van der Waals surface area contributed by atoms with E-state index < -0.39 is 0 Å². The summed E-state index contributed by atoms with van der Waals surface area (Å²) in [6.45, 7) is 7.47. The van der Waals surface area contributed by atoms with Gasteiger partial charge in [-0.1, -0.05) is 13.0 Å². The Labute approximate surface area is 151 Å². The molecule has 0 spiro atoms. The highest BCUT2D eigenvalue weighted by atomic mass is 16.2. The van der Waals surface area contributed by atoms with Gasteiger partial charge in [-0.05, 0) is 38.3 Å². The van der Waals surface area contributed by atoms with Gasteiger partial charge in [-0.3, -0.25) is 14.8 Å². The monoisotopic (exact) mass is 345 g/mol. The van der Waals surface area contributed by atoms with E-state index in [1.165, 1.54) is 0 Å². The van der Waals surface area contributed by atoms with Gasteiger partial charge in [0.1, 0.15) is 0 Å².